The molecule has 1 rings (SSSR count). The lowest BCUT2D eigenvalue weighted by atomic mass is 9.99. The van der Waals surface area contributed by atoms with Crippen molar-refractivity contribution in [2.45, 2.75) is 33.0 Å². The molecule has 9 nitrogen and oxygen atoms in total. The van der Waals surface area contributed by atoms with Crippen molar-refractivity contribution in [3.63, 3.8) is 0 Å². The zero-order valence-electron chi connectivity index (χ0n) is 16.4. The third-order valence-electron chi connectivity index (χ3n) is 3.20. The Bertz CT molecular complexity index is 701. The van der Waals surface area contributed by atoms with Crippen LogP contribution in [-0.4, -0.2) is 51.1 Å². The molecule has 1 N–H and O–H groups in total. The molecule has 1 aromatic rings. The summed E-state index contributed by atoms with van der Waals surface area (Å²) in [5.74, 6) is -0.195. The minimum Gasteiger partial charge on any atom is -0.472 e. The summed E-state index contributed by atoms with van der Waals surface area (Å²) in [7, 11) is 4.31. The highest BCUT2D eigenvalue weighted by Gasteiger charge is 2.21. The maximum atomic E-state index is 12.1. The third kappa shape index (κ3) is 6.96. The Hall–Kier alpha value is -3.10. The molecule has 0 heterocycles. The van der Waals surface area contributed by atoms with Gasteiger partial charge in [-0.25, -0.2) is 0 Å². The van der Waals surface area contributed by atoms with Gasteiger partial charge in [-0.05, 0) is 25.9 Å². The summed E-state index contributed by atoms with van der Waals surface area (Å²) in [4.78, 5) is 27.1. The summed E-state index contributed by atoms with van der Waals surface area (Å²) in [5, 5.41) is 14.0. The van der Waals surface area contributed by atoms with Crippen LogP contribution in [0.5, 0.6) is 0 Å². The van der Waals surface area contributed by atoms with Crippen molar-refractivity contribution in [3.8, 4) is 0 Å². The lowest BCUT2D eigenvalue weighted by Gasteiger charge is -2.15. The largest absolute Gasteiger partial charge is 0.472 e. The fraction of sp³-hybridized carbons (Fsp3) is 0.444. The quantitative estimate of drug-likeness (QED) is 0.403. The number of likely N-dealkylation sites (N-methyl/N-ethyl adjacent to an activating group) is 1. The molecule has 27 heavy (non-hydrogen) atoms. The normalized spacial score (nSPS) is 13.4. The summed E-state index contributed by atoms with van der Waals surface area (Å²) in [5.41, 5.74) is 1.43. The van der Waals surface area contributed by atoms with Crippen LogP contribution in [-0.2, 0) is 24.0 Å². The van der Waals surface area contributed by atoms with E-state index >= 15 is 0 Å². The molecule has 0 aromatic heterocycles. The molecule has 0 fully saturated rings. The standard InChI is InChI=1S/C18H26N4O5/c1-12(2)26-16(21-24-5)11-20-27-13(3)14-9-7-8-10-15(14)17(22-25-6)18(23)19-4/h7-13H,1-6H3,(H,19,23). The Kier molecular flexibility index (Phi) is 9.35. The molecule has 148 valence electrons. The lowest BCUT2D eigenvalue weighted by molar-refractivity contribution is -0.114. The van der Waals surface area contributed by atoms with Crippen LogP contribution >= 0.6 is 0 Å². The molecule has 1 amide bonds. The van der Waals surface area contributed by atoms with Gasteiger partial charge in [0.2, 0.25) is 0 Å². The molecule has 1 aromatic carbocycles. The number of nitrogens with zero attached hydrogens (tertiary/aromatic N) is 3. The Morgan fingerprint density at radius 2 is 1.78 bits per heavy atom. The number of benzene rings is 1. The van der Waals surface area contributed by atoms with Crippen molar-refractivity contribution in [1.29, 1.82) is 0 Å². The molecule has 9 heteroatoms. The zero-order chi connectivity index (χ0) is 20.2. The molecule has 0 spiro atoms. The number of rotatable bonds is 9. The maximum Gasteiger partial charge on any atom is 0.273 e. The maximum absolute atomic E-state index is 12.1. The Labute approximate surface area is 159 Å². The van der Waals surface area contributed by atoms with Crippen LogP contribution in [0.3, 0.4) is 0 Å². The van der Waals surface area contributed by atoms with Crippen molar-refractivity contribution in [1.82, 2.24) is 5.32 Å². The second-order valence-corrected chi connectivity index (χ2v) is 5.55. The smallest absolute Gasteiger partial charge is 0.273 e. The van der Waals surface area contributed by atoms with Crippen molar-refractivity contribution in [2.24, 2.45) is 15.5 Å². The molecular weight excluding hydrogens is 352 g/mol. The van der Waals surface area contributed by atoms with Gasteiger partial charge in [0.1, 0.15) is 26.5 Å². The van der Waals surface area contributed by atoms with E-state index in [2.05, 4.69) is 20.8 Å². The van der Waals surface area contributed by atoms with Gasteiger partial charge >= 0.3 is 0 Å². The van der Waals surface area contributed by atoms with E-state index in [1.54, 1.807) is 19.1 Å². The zero-order valence-corrected chi connectivity index (χ0v) is 16.4. The van der Waals surface area contributed by atoms with E-state index in [-0.39, 0.29) is 23.6 Å². The first-order valence-electron chi connectivity index (χ1n) is 8.34. The molecule has 0 radical (unpaired) electrons. The summed E-state index contributed by atoms with van der Waals surface area (Å²) in [6.07, 6.45) is 0.738. The van der Waals surface area contributed by atoms with Gasteiger partial charge in [0, 0.05) is 18.2 Å². The number of carbonyl (C=O) groups is 1. The fourth-order valence-electron chi connectivity index (χ4n) is 2.12. The van der Waals surface area contributed by atoms with Crippen LogP contribution in [0.4, 0.5) is 0 Å². The van der Waals surface area contributed by atoms with Crippen LogP contribution < -0.4 is 5.32 Å². The van der Waals surface area contributed by atoms with Crippen molar-refractivity contribution in [3.05, 3.63) is 35.4 Å². The first-order valence-corrected chi connectivity index (χ1v) is 8.34. The number of amides is 1. The van der Waals surface area contributed by atoms with Crippen LogP contribution in [0.1, 0.15) is 38.0 Å². The fourth-order valence-corrected chi connectivity index (χ4v) is 2.12. The number of carbonyl (C=O) groups excluding carboxylic acids is 1. The average molecular weight is 378 g/mol. The Morgan fingerprint density at radius 3 is 2.37 bits per heavy atom. The molecule has 1 atom stereocenters. The summed E-state index contributed by atoms with van der Waals surface area (Å²) in [6.45, 7) is 5.50. The molecule has 0 saturated carbocycles. The highest BCUT2D eigenvalue weighted by molar-refractivity contribution is 6.45. The molecular formula is C18H26N4O5. The second-order valence-electron chi connectivity index (χ2n) is 5.55. The number of hydrogen-bond donors (Lipinski definition) is 1. The Morgan fingerprint density at radius 1 is 1.11 bits per heavy atom. The molecule has 0 bridgehead atoms. The molecule has 1 unspecified atom stereocenters. The van der Waals surface area contributed by atoms with E-state index in [1.165, 1.54) is 27.5 Å². The van der Waals surface area contributed by atoms with Crippen molar-refractivity contribution >= 4 is 23.7 Å². The van der Waals surface area contributed by atoms with E-state index < -0.39 is 6.10 Å². The van der Waals surface area contributed by atoms with Gasteiger partial charge in [-0.15, -0.1) is 0 Å². The highest BCUT2D eigenvalue weighted by atomic mass is 16.6. The number of ether oxygens (including phenoxy) is 1. The SMILES string of the molecule is CNC(=O)C(=NOC)c1ccccc1C(C)ON=CC(=NOC)OC(C)C. The van der Waals surface area contributed by atoms with Gasteiger partial charge < -0.3 is 24.6 Å². The average Bonchev–Trinajstić information content (AvgIpc) is 2.65. The van der Waals surface area contributed by atoms with Crippen LogP contribution in [0.2, 0.25) is 0 Å². The molecule has 0 saturated heterocycles. The first-order chi connectivity index (χ1) is 12.9. The monoisotopic (exact) mass is 378 g/mol. The van der Waals surface area contributed by atoms with Gasteiger partial charge in [-0.1, -0.05) is 34.6 Å². The Balaban J connectivity index is 3.03. The third-order valence-corrected chi connectivity index (χ3v) is 3.20. The van der Waals surface area contributed by atoms with Gasteiger partial charge in [0.05, 0.1) is 6.10 Å². The van der Waals surface area contributed by atoms with Crippen LogP contribution in [0, 0.1) is 0 Å². The predicted octanol–water partition coefficient (Wildman–Crippen LogP) is 2.23. The lowest BCUT2D eigenvalue weighted by Crippen LogP contribution is -2.29. The summed E-state index contributed by atoms with van der Waals surface area (Å²) in [6, 6.07) is 7.20. The number of hydrogen-bond acceptors (Lipinski definition) is 8. The van der Waals surface area contributed by atoms with E-state index in [9.17, 15) is 4.79 Å². The van der Waals surface area contributed by atoms with Gasteiger partial charge in [-0.3, -0.25) is 4.79 Å². The van der Waals surface area contributed by atoms with Gasteiger partial charge in [-0.2, -0.15) is 0 Å². The van der Waals surface area contributed by atoms with E-state index in [0.717, 1.165) is 0 Å². The predicted molar refractivity (Wildman–Crippen MR) is 103 cm³/mol. The molecule has 0 aliphatic carbocycles. The first kappa shape index (κ1) is 21.9. The van der Waals surface area contributed by atoms with Gasteiger partial charge in [0.15, 0.2) is 5.71 Å². The summed E-state index contributed by atoms with van der Waals surface area (Å²) < 4.78 is 5.43. The molecule has 0 aliphatic rings. The molecule has 0 aliphatic heterocycles. The number of oxime groups is 3. The minimum absolute atomic E-state index is 0.0936. The van der Waals surface area contributed by atoms with Crippen molar-refractivity contribution < 1.29 is 24.0 Å². The van der Waals surface area contributed by atoms with Crippen LogP contribution in [0.25, 0.3) is 0 Å². The van der Waals surface area contributed by atoms with Gasteiger partial charge in [0.25, 0.3) is 11.8 Å². The van der Waals surface area contributed by atoms with E-state index in [0.29, 0.717) is 11.1 Å². The summed E-state index contributed by atoms with van der Waals surface area (Å²) >= 11 is 0. The highest BCUT2D eigenvalue weighted by Crippen LogP contribution is 2.22. The second kappa shape index (κ2) is 11.5. The van der Waals surface area contributed by atoms with E-state index in [4.69, 9.17) is 19.2 Å². The minimum atomic E-state index is -0.480. The topological polar surface area (TPSA) is 103 Å². The van der Waals surface area contributed by atoms with Crippen LogP contribution in [0.15, 0.2) is 39.7 Å². The number of nitrogens with one attached hydrogen (secondary N) is 1. The van der Waals surface area contributed by atoms with Crippen molar-refractivity contribution in [2.75, 3.05) is 21.3 Å². The van der Waals surface area contributed by atoms with E-state index in [1.807, 2.05) is 26.0 Å².